The molecule has 0 spiro atoms. The van der Waals surface area contributed by atoms with E-state index in [1.54, 1.807) is 16.8 Å². The van der Waals surface area contributed by atoms with E-state index in [9.17, 15) is 4.79 Å². The molecule has 1 aromatic heterocycles. The summed E-state index contributed by atoms with van der Waals surface area (Å²) in [5, 5.41) is 5.06. The van der Waals surface area contributed by atoms with Crippen LogP contribution < -0.4 is 0 Å². The quantitative estimate of drug-likeness (QED) is 0.648. The van der Waals surface area contributed by atoms with Gasteiger partial charge in [-0.15, -0.1) is 0 Å². The Kier molecular flexibility index (Phi) is 7.26. The van der Waals surface area contributed by atoms with Crippen LogP contribution >= 0.6 is 11.6 Å². The van der Waals surface area contributed by atoms with E-state index in [2.05, 4.69) is 12.0 Å². The molecule has 5 heteroatoms. The zero-order valence-electron chi connectivity index (χ0n) is 15.2. The van der Waals surface area contributed by atoms with Crippen LogP contribution in [0.5, 0.6) is 0 Å². The van der Waals surface area contributed by atoms with Gasteiger partial charge in [0.2, 0.25) is 5.91 Å². The Hall–Kier alpha value is -2.07. The number of nitrogens with zero attached hydrogens (tertiary/aromatic N) is 3. The van der Waals surface area contributed by atoms with Crippen molar-refractivity contribution in [2.75, 3.05) is 13.1 Å². The normalized spacial score (nSPS) is 11.2. The van der Waals surface area contributed by atoms with Crippen molar-refractivity contribution in [2.45, 2.75) is 40.2 Å². The Morgan fingerprint density at radius 3 is 2.64 bits per heavy atom. The number of aryl methyl sites for hydroxylation is 1. The summed E-state index contributed by atoms with van der Waals surface area (Å²) < 4.78 is 1.77. The number of unbranched alkanes of at least 4 members (excludes halogenated alkanes) is 1. The highest BCUT2D eigenvalue weighted by atomic mass is 35.5. The molecule has 134 valence electrons. The van der Waals surface area contributed by atoms with Crippen LogP contribution in [0.4, 0.5) is 0 Å². The molecule has 4 nitrogen and oxygen atoms in total. The summed E-state index contributed by atoms with van der Waals surface area (Å²) in [6.45, 7) is 8.14. The van der Waals surface area contributed by atoms with Crippen molar-refractivity contribution in [3.05, 3.63) is 58.4 Å². The largest absolute Gasteiger partial charge is 0.339 e. The summed E-state index contributed by atoms with van der Waals surface area (Å²) in [5.41, 5.74) is 2.76. The highest BCUT2D eigenvalue weighted by Gasteiger charge is 2.13. The maximum Gasteiger partial charge on any atom is 0.246 e. The predicted octanol–water partition coefficient (Wildman–Crippen LogP) is 4.56. The fourth-order valence-corrected chi connectivity index (χ4v) is 2.95. The van der Waals surface area contributed by atoms with Crippen LogP contribution in [-0.2, 0) is 11.3 Å². The summed E-state index contributed by atoms with van der Waals surface area (Å²) in [5.74, 6) is 0.0160. The molecule has 0 saturated heterocycles. The summed E-state index contributed by atoms with van der Waals surface area (Å²) in [7, 11) is 0. The van der Waals surface area contributed by atoms with Crippen LogP contribution in [0.2, 0.25) is 5.15 Å². The minimum Gasteiger partial charge on any atom is -0.339 e. The highest BCUT2D eigenvalue weighted by Crippen LogP contribution is 2.22. The lowest BCUT2D eigenvalue weighted by Crippen LogP contribution is -2.30. The van der Waals surface area contributed by atoms with Gasteiger partial charge in [0.25, 0.3) is 0 Å². The number of rotatable bonds is 8. The van der Waals surface area contributed by atoms with E-state index in [1.807, 2.05) is 49.1 Å². The number of halogens is 1. The van der Waals surface area contributed by atoms with Crippen LogP contribution in [0.3, 0.4) is 0 Å². The highest BCUT2D eigenvalue weighted by molar-refractivity contribution is 6.31. The van der Waals surface area contributed by atoms with Gasteiger partial charge in [0.1, 0.15) is 5.15 Å². The van der Waals surface area contributed by atoms with Gasteiger partial charge in [-0.25, -0.2) is 4.68 Å². The van der Waals surface area contributed by atoms with Crippen molar-refractivity contribution in [2.24, 2.45) is 0 Å². The SMILES string of the molecule is CCCCN(CC)C(=O)/C=C/c1c(C)nn(Cc2ccccc2)c1Cl. The number of benzene rings is 1. The zero-order chi connectivity index (χ0) is 18.2. The van der Waals surface area contributed by atoms with Gasteiger partial charge in [-0.1, -0.05) is 55.3 Å². The van der Waals surface area contributed by atoms with Gasteiger partial charge in [-0.3, -0.25) is 4.79 Å². The van der Waals surface area contributed by atoms with E-state index in [1.165, 1.54) is 0 Å². The van der Waals surface area contributed by atoms with Gasteiger partial charge >= 0.3 is 0 Å². The van der Waals surface area contributed by atoms with Gasteiger partial charge in [-0.2, -0.15) is 5.10 Å². The number of hydrogen-bond acceptors (Lipinski definition) is 2. The number of carbonyl (C=O) groups is 1. The first-order valence-electron chi connectivity index (χ1n) is 8.80. The topological polar surface area (TPSA) is 38.1 Å². The molecule has 2 rings (SSSR count). The third-order valence-corrected chi connectivity index (χ3v) is 4.55. The zero-order valence-corrected chi connectivity index (χ0v) is 16.0. The van der Waals surface area contributed by atoms with Gasteiger partial charge in [0.15, 0.2) is 0 Å². The minimum atomic E-state index is 0.0160. The molecule has 25 heavy (non-hydrogen) atoms. The van der Waals surface area contributed by atoms with Crippen LogP contribution in [0.15, 0.2) is 36.4 Å². The Morgan fingerprint density at radius 1 is 1.28 bits per heavy atom. The number of aromatic nitrogens is 2. The van der Waals surface area contributed by atoms with Gasteiger partial charge < -0.3 is 4.90 Å². The van der Waals surface area contributed by atoms with E-state index in [0.717, 1.165) is 36.2 Å². The molecule has 0 aliphatic rings. The molecule has 2 aromatic rings. The van der Waals surface area contributed by atoms with Crippen LogP contribution in [0.1, 0.15) is 43.5 Å². The second-order valence-corrected chi connectivity index (χ2v) is 6.40. The first-order valence-corrected chi connectivity index (χ1v) is 9.18. The fourth-order valence-electron chi connectivity index (χ4n) is 2.65. The summed E-state index contributed by atoms with van der Waals surface area (Å²) in [6.07, 6.45) is 5.47. The maximum atomic E-state index is 12.3. The predicted molar refractivity (Wildman–Crippen MR) is 104 cm³/mol. The fraction of sp³-hybridized carbons (Fsp3) is 0.400. The molecule has 1 heterocycles. The Morgan fingerprint density at radius 2 is 2.00 bits per heavy atom. The standard InChI is InChI=1S/C20H26ClN3O/c1-4-6-14-23(5-2)19(25)13-12-18-16(3)22-24(20(18)21)15-17-10-8-7-9-11-17/h7-13H,4-6,14-15H2,1-3H3/b13-12+. The van der Waals surface area contributed by atoms with Crippen molar-refractivity contribution in [3.8, 4) is 0 Å². The van der Waals surface area contributed by atoms with Gasteiger partial charge in [0.05, 0.1) is 12.2 Å². The van der Waals surface area contributed by atoms with Crippen molar-refractivity contribution in [3.63, 3.8) is 0 Å². The van der Waals surface area contributed by atoms with Crippen molar-refractivity contribution in [1.82, 2.24) is 14.7 Å². The smallest absolute Gasteiger partial charge is 0.246 e. The lowest BCUT2D eigenvalue weighted by Gasteiger charge is -2.18. The molecule has 1 amide bonds. The number of likely N-dealkylation sites (N-methyl/N-ethyl adjacent to an activating group) is 1. The molecule has 0 fully saturated rings. The van der Waals surface area contributed by atoms with Crippen molar-refractivity contribution >= 4 is 23.6 Å². The first kappa shape index (κ1) is 19.3. The van der Waals surface area contributed by atoms with E-state index in [4.69, 9.17) is 11.6 Å². The minimum absolute atomic E-state index is 0.0160. The maximum absolute atomic E-state index is 12.3. The molecule has 0 saturated carbocycles. The van der Waals surface area contributed by atoms with Gasteiger partial charge in [0, 0.05) is 24.7 Å². The molecule has 0 aliphatic carbocycles. The average Bonchev–Trinajstić information content (AvgIpc) is 2.88. The lowest BCUT2D eigenvalue weighted by molar-refractivity contribution is -0.125. The number of amides is 1. The summed E-state index contributed by atoms with van der Waals surface area (Å²) >= 11 is 6.48. The molecule has 0 radical (unpaired) electrons. The molecule has 0 atom stereocenters. The summed E-state index contributed by atoms with van der Waals surface area (Å²) in [6, 6.07) is 10.1. The monoisotopic (exact) mass is 359 g/mol. The molecular formula is C20H26ClN3O. The summed E-state index contributed by atoms with van der Waals surface area (Å²) in [4.78, 5) is 14.2. The number of carbonyl (C=O) groups excluding carboxylic acids is 1. The Bertz CT molecular complexity index is 722. The Labute approximate surface area is 155 Å². The first-order chi connectivity index (χ1) is 12.1. The third kappa shape index (κ3) is 5.20. The molecule has 0 N–H and O–H groups in total. The van der Waals surface area contributed by atoms with E-state index >= 15 is 0 Å². The Balaban J connectivity index is 2.13. The molecular weight excluding hydrogens is 334 g/mol. The number of hydrogen-bond donors (Lipinski definition) is 0. The lowest BCUT2D eigenvalue weighted by atomic mass is 10.2. The molecule has 1 aromatic carbocycles. The van der Waals surface area contributed by atoms with E-state index in [-0.39, 0.29) is 5.91 Å². The average molecular weight is 360 g/mol. The second-order valence-electron chi connectivity index (χ2n) is 6.04. The second kappa shape index (κ2) is 9.42. The molecule has 0 aliphatic heterocycles. The molecule has 0 bridgehead atoms. The van der Waals surface area contributed by atoms with Crippen LogP contribution in [0, 0.1) is 6.92 Å². The van der Waals surface area contributed by atoms with E-state index in [0.29, 0.717) is 18.2 Å². The van der Waals surface area contributed by atoms with Gasteiger partial charge in [-0.05, 0) is 31.9 Å². The van der Waals surface area contributed by atoms with Crippen LogP contribution in [0.25, 0.3) is 6.08 Å². The van der Waals surface area contributed by atoms with Crippen LogP contribution in [-0.4, -0.2) is 33.7 Å². The molecule has 0 unspecified atom stereocenters. The van der Waals surface area contributed by atoms with E-state index < -0.39 is 0 Å². The van der Waals surface area contributed by atoms with Crippen molar-refractivity contribution in [1.29, 1.82) is 0 Å². The van der Waals surface area contributed by atoms with Crippen molar-refractivity contribution < 1.29 is 4.79 Å². The third-order valence-electron chi connectivity index (χ3n) is 4.15.